The molecule has 0 radical (unpaired) electrons. The molecule has 0 saturated carbocycles. The zero-order valence-electron chi connectivity index (χ0n) is 24.5. The fourth-order valence-corrected chi connectivity index (χ4v) is 4.54. The second-order valence-electron chi connectivity index (χ2n) is 11.5. The summed E-state index contributed by atoms with van der Waals surface area (Å²) in [5, 5.41) is 17.1. The van der Waals surface area contributed by atoms with Crippen LogP contribution in [0.25, 0.3) is 22.8 Å². The summed E-state index contributed by atoms with van der Waals surface area (Å²) in [6.07, 6.45) is 6.37. The van der Waals surface area contributed by atoms with Gasteiger partial charge in [0.05, 0.1) is 6.61 Å². The van der Waals surface area contributed by atoms with Crippen molar-refractivity contribution in [1.29, 1.82) is 0 Å². The van der Waals surface area contributed by atoms with Crippen LogP contribution < -0.4 is 10.1 Å². The molecule has 0 amide bonds. The predicted octanol–water partition coefficient (Wildman–Crippen LogP) is 8.16. The standard InChI is InChI=1S/C34H41N3O4/c1-5-6-7-8-9-22-40-29-20-14-25(15-21-29)31-36-32(41-37-31)26-12-10-24(11-13-26)23-30(33(38)39)35-28-18-16-27(17-19-28)34(2,3)4/h10-21,30,35H,5-9,22-23H2,1-4H3,(H,38,39)/t30-/m0/s1. The topological polar surface area (TPSA) is 97.5 Å². The quantitative estimate of drug-likeness (QED) is 0.151. The van der Waals surface area contributed by atoms with Gasteiger partial charge < -0.3 is 19.7 Å². The van der Waals surface area contributed by atoms with E-state index in [0.29, 0.717) is 18.1 Å². The number of aromatic nitrogens is 2. The van der Waals surface area contributed by atoms with Crippen LogP contribution >= 0.6 is 0 Å². The number of rotatable bonds is 14. The second kappa shape index (κ2) is 14.0. The van der Waals surface area contributed by atoms with Crippen LogP contribution in [0.15, 0.2) is 77.3 Å². The van der Waals surface area contributed by atoms with E-state index < -0.39 is 12.0 Å². The first kappa shape index (κ1) is 29.8. The Labute approximate surface area is 243 Å². The number of nitrogens with zero attached hydrogens (tertiary/aromatic N) is 2. The Balaban J connectivity index is 1.33. The van der Waals surface area contributed by atoms with E-state index in [1.165, 1.54) is 31.2 Å². The number of hydrogen-bond acceptors (Lipinski definition) is 6. The number of anilines is 1. The number of aliphatic carboxylic acids is 1. The minimum Gasteiger partial charge on any atom is -0.494 e. The highest BCUT2D eigenvalue weighted by molar-refractivity contribution is 5.78. The van der Waals surface area contributed by atoms with Gasteiger partial charge in [-0.1, -0.05) is 82.8 Å². The summed E-state index contributed by atoms with van der Waals surface area (Å²) >= 11 is 0. The Kier molecular flexibility index (Phi) is 10.2. The molecule has 216 valence electrons. The lowest BCUT2D eigenvalue weighted by Crippen LogP contribution is -2.31. The van der Waals surface area contributed by atoms with Gasteiger partial charge in [0.1, 0.15) is 11.8 Å². The Hall–Kier alpha value is -4.13. The third kappa shape index (κ3) is 8.68. The highest BCUT2D eigenvalue weighted by atomic mass is 16.5. The van der Waals surface area contributed by atoms with E-state index in [0.717, 1.165) is 41.2 Å². The summed E-state index contributed by atoms with van der Waals surface area (Å²) < 4.78 is 11.4. The molecule has 0 spiro atoms. The van der Waals surface area contributed by atoms with Crippen molar-refractivity contribution < 1.29 is 19.2 Å². The molecule has 0 bridgehead atoms. The van der Waals surface area contributed by atoms with Crippen LogP contribution in [-0.4, -0.2) is 33.9 Å². The lowest BCUT2D eigenvalue weighted by Gasteiger charge is -2.20. The predicted molar refractivity (Wildman–Crippen MR) is 163 cm³/mol. The summed E-state index contributed by atoms with van der Waals surface area (Å²) in [6.45, 7) is 9.39. The fraction of sp³-hybridized carbons (Fsp3) is 0.382. The molecule has 1 aromatic heterocycles. The van der Waals surface area contributed by atoms with Gasteiger partial charge in [-0.3, -0.25) is 0 Å². The third-order valence-corrected chi connectivity index (χ3v) is 7.09. The van der Waals surface area contributed by atoms with Crippen molar-refractivity contribution in [2.75, 3.05) is 11.9 Å². The molecule has 4 rings (SSSR count). The maximum absolute atomic E-state index is 12.0. The number of carboxylic acids is 1. The summed E-state index contributed by atoms with van der Waals surface area (Å²) in [6, 6.07) is 22.4. The molecule has 4 aromatic rings. The van der Waals surface area contributed by atoms with Gasteiger partial charge in [0.15, 0.2) is 0 Å². The maximum atomic E-state index is 12.0. The fourth-order valence-electron chi connectivity index (χ4n) is 4.54. The molecule has 3 aromatic carbocycles. The largest absolute Gasteiger partial charge is 0.494 e. The summed E-state index contributed by atoms with van der Waals surface area (Å²) in [4.78, 5) is 16.5. The lowest BCUT2D eigenvalue weighted by atomic mass is 9.87. The number of ether oxygens (including phenoxy) is 1. The third-order valence-electron chi connectivity index (χ3n) is 7.09. The van der Waals surface area contributed by atoms with E-state index in [1.54, 1.807) is 0 Å². The van der Waals surface area contributed by atoms with Gasteiger partial charge in [0.25, 0.3) is 5.89 Å². The number of nitrogens with one attached hydrogen (secondary N) is 1. The monoisotopic (exact) mass is 555 g/mol. The van der Waals surface area contributed by atoms with Crippen LogP contribution in [0, 0.1) is 0 Å². The summed E-state index contributed by atoms with van der Waals surface area (Å²) in [5.74, 6) is 0.840. The van der Waals surface area contributed by atoms with Crippen molar-refractivity contribution >= 4 is 11.7 Å². The normalized spacial score (nSPS) is 12.2. The van der Waals surface area contributed by atoms with Crippen LogP contribution in [0.5, 0.6) is 5.75 Å². The molecule has 0 saturated heterocycles. The molecule has 41 heavy (non-hydrogen) atoms. The zero-order chi connectivity index (χ0) is 29.2. The SMILES string of the molecule is CCCCCCCOc1ccc(-c2noc(-c3ccc(C[C@H](Nc4ccc(C(C)(C)C)cc4)C(=O)O)cc3)n2)cc1. The summed E-state index contributed by atoms with van der Waals surface area (Å²) in [7, 11) is 0. The molecular formula is C34H41N3O4. The molecule has 0 unspecified atom stereocenters. The van der Waals surface area contributed by atoms with E-state index in [9.17, 15) is 9.90 Å². The first-order valence-corrected chi connectivity index (χ1v) is 14.5. The Morgan fingerprint density at radius 3 is 2.20 bits per heavy atom. The van der Waals surface area contributed by atoms with Gasteiger partial charge in [0.2, 0.25) is 5.82 Å². The van der Waals surface area contributed by atoms with Crippen molar-refractivity contribution in [2.24, 2.45) is 0 Å². The van der Waals surface area contributed by atoms with Crippen molar-refractivity contribution in [3.63, 3.8) is 0 Å². The molecule has 0 aliphatic rings. The molecule has 1 atom stereocenters. The molecule has 1 heterocycles. The van der Waals surface area contributed by atoms with Gasteiger partial charge in [-0.15, -0.1) is 0 Å². The van der Waals surface area contributed by atoms with E-state index in [2.05, 4.69) is 43.2 Å². The molecule has 7 heteroatoms. The van der Waals surface area contributed by atoms with Crippen molar-refractivity contribution in [1.82, 2.24) is 10.1 Å². The smallest absolute Gasteiger partial charge is 0.326 e. The van der Waals surface area contributed by atoms with Crippen molar-refractivity contribution in [2.45, 2.75) is 77.7 Å². The molecule has 2 N–H and O–H groups in total. The number of hydrogen-bond donors (Lipinski definition) is 2. The minimum atomic E-state index is -0.904. The van der Waals surface area contributed by atoms with Gasteiger partial charge in [-0.2, -0.15) is 4.98 Å². The molecule has 0 aliphatic carbocycles. The maximum Gasteiger partial charge on any atom is 0.326 e. The van der Waals surface area contributed by atoms with Gasteiger partial charge in [-0.25, -0.2) is 4.79 Å². The van der Waals surface area contributed by atoms with Crippen molar-refractivity contribution in [3.05, 3.63) is 83.9 Å². The van der Waals surface area contributed by atoms with Gasteiger partial charge in [0, 0.05) is 23.2 Å². The first-order chi connectivity index (χ1) is 19.7. The first-order valence-electron chi connectivity index (χ1n) is 14.5. The van der Waals surface area contributed by atoms with Crippen LogP contribution in [0.2, 0.25) is 0 Å². The molecule has 0 fully saturated rings. The minimum absolute atomic E-state index is 0.0398. The lowest BCUT2D eigenvalue weighted by molar-refractivity contribution is -0.137. The van der Waals surface area contributed by atoms with E-state index in [4.69, 9.17) is 9.26 Å². The average molecular weight is 556 g/mol. The Morgan fingerprint density at radius 2 is 1.56 bits per heavy atom. The Morgan fingerprint density at radius 1 is 0.902 bits per heavy atom. The number of carbonyl (C=O) groups is 1. The van der Waals surface area contributed by atoms with Crippen molar-refractivity contribution in [3.8, 4) is 28.6 Å². The number of carboxylic acid groups (broad SMARTS) is 1. The van der Waals surface area contributed by atoms with Crippen LogP contribution in [0.4, 0.5) is 5.69 Å². The average Bonchev–Trinajstić information content (AvgIpc) is 3.45. The van der Waals surface area contributed by atoms with Crippen LogP contribution in [0.3, 0.4) is 0 Å². The second-order valence-corrected chi connectivity index (χ2v) is 11.5. The van der Waals surface area contributed by atoms with Crippen LogP contribution in [-0.2, 0) is 16.6 Å². The molecule has 7 nitrogen and oxygen atoms in total. The van der Waals surface area contributed by atoms with Crippen LogP contribution in [0.1, 0.15) is 70.9 Å². The van der Waals surface area contributed by atoms with E-state index in [1.807, 2.05) is 72.8 Å². The highest BCUT2D eigenvalue weighted by Crippen LogP contribution is 2.26. The molecule has 0 aliphatic heterocycles. The van der Waals surface area contributed by atoms with E-state index in [-0.39, 0.29) is 5.41 Å². The summed E-state index contributed by atoms with van der Waals surface area (Å²) in [5.41, 5.74) is 4.52. The zero-order valence-corrected chi connectivity index (χ0v) is 24.5. The highest BCUT2D eigenvalue weighted by Gasteiger charge is 2.19. The Bertz CT molecular complexity index is 1370. The van der Waals surface area contributed by atoms with Gasteiger partial charge >= 0.3 is 5.97 Å². The van der Waals surface area contributed by atoms with E-state index >= 15 is 0 Å². The van der Waals surface area contributed by atoms with Gasteiger partial charge in [-0.05, 0) is 71.5 Å². The molecular weight excluding hydrogens is 514 g/mol. The number of benzene rings is 3. The number of unbranched alkanes of at least 4 members (excludes halogenated alkanes) is 4.